The fourth-order valence-electron chi connectivity index (χ4n) is 7.24. The molecule has 1 aliphatic heterocycles. The van der Waals surface area contributed by atoms with E-state index in [-0.39, 0.29) is 5.79 Å². The first-order valence-electron chi connectivity index (χ1n) is 20.8. The molecule has 1 unspecified atom stereocenters. The third kappa shape index (κ3) is 22.1. The van der Waals surface area contributed by atoms with Gasteiger partial charge in [0.25, 0.3) is 0 Å². The Bertz CT molecular complexity index is 834. The van der Waals surface area contributed by atoms with Gasteiger partial charge in [-0.25, -0.2) is 0 Å². The molecule has 47 heavy (non-hydrogen) atoms. The predicted octanol–water partition coefficient (Wildman–Crippen LogP) is 14.9. The van der Waals surface area contributed by atoms with Gasteiger partial charge in [-0.05, 0) is 102 Å². The zero-order chi connectivity index (χ0) is 33.5. The molecule has 2 nitrogen and oxygen atoms in total. The molecule has 0 bridgehead atoms. The molecule has 0 amide bonds. The first-order chi connectivity index (χ1) is 23.2. The Kier molecular flexibility index (Phi) is 26.3. The lowest BCUT2D eigenvalue weighted by Crippen LogP contribution is -2.32. The van der Waals surface area contributed by atoms with Crippen molar-refractivity contribution in [3.8, 4) is 0 Å². The van der Waals surface area contributed by atoms with Gasteiger partial charge in [0, 0.05) is 12.8 Å². The molecule has 270 valence electrons. The zero-order valence-electron chi connectivity index (χ0n) is 31.6. The summed E-state index contributed by atoms with van der Waals surface area (Å²) in [4.78, 5) is 0. The molecule has 1 aliphatic carbocycles. The van der Waals surface area contributed by atoms with Crippen LogP contribution in [0.4, 0.5) is 0 Å². The van der Waals surface area contributed by atoms with Gasteiger partial charge in [-0.15, -0.1) is 0 Å². The molecule has 2 heteroatoms. The standard InChI is InChI=1S/C45H78O2/c1-4-6-8-10-12-14-16-18-20-22-23-25-27-29-31-33-35-37-39-45(46-43-40-42(3)41-44(43)47-45)38-36-34-32-30-28-26-24-21-19-17-15-13-11-9-7-5-2/h15-18,21-24,28,30,42-44H,4-14,19-20,25-27,29,31-41H2,1-3H3/b17-15-,18-16-,23-22-,24-21-,30-28-/t42-,43-,44+,45?. The minimum absolute atomic E-state index is 0.306. The largest absolute Gasteiger partial charge is 0.344 e. The Balaban J connectivity index is 1.51. The van der Waals surface area contributed by atoms with Crippen molar-refractivity contribution in [3.63, 3.8) is 0 Å². The van der Waals surface area contributed by atoms with Crippen LogP contribution in [0.2, 0.25) is 0 Å². The van der Waals surface area contributed by atoms with E-state index in [4.69, 9.17) is 9.47 Å². The van der Waals surface area contributed by atoms with Crippen LogP contribution in [0.25, 0.3) is 0 Å². The van der Waals surface area contributed by atoms with Gasteiger partial charge in [-0.1, -0.05) is 152 Å². The maximum absolute atomic E-state index is 6.73. The Morgan fingerprint density at radius 3 is 1.19 bits per heavy atom. The van der Waals surface area contributed by atoms with Crippen LogP contribution in [0.3, 0.4) is 0 Å². The molecule has 0 radical (unpaired) electrons. The quantitative estimate of drug-likeness (QED) is 0.0549. The normalized spacial score (nSPS) is 23.3. The monoisotopic (exact) mass is 651 g/mol. The predicted molar refractivity (Wildman–Crippen MR) is 208 cm³/mol. The van der Waals surface area contributed by atoms with Crippen LogP contribution >= 0.6 is 0 Å². The van der Waals surface area contributed by atoms with Gasteiger partial charge >= 0.3 is 0 Å². The van der Waals surface area contributed by atoms with Gasteiger partial charge in [-0.3, -0.25) is 0 Å². The average molecular weight is 651 g/mol. The summed E-state index contributed by atoms with van der Waals surface area (Å²) in [6.07, 6.45) is 59.4. The topological polar surface area (TPSA) is 18.5 Å². The molecule has 2 aliphatic rings. The lowest BCUT2D eigenvalue weighted by molar-refractivity contribution is -0.192. The van der Waals surface area contributed by atoms with Crippen molar-refractivity contribution in [3.05, 3.63) is 60.8 Å². The van der Waals surface area contributed by atoms with Gasteiger partial charge < -0.3 is 9.47 Å². The maximum Gasteiger partial charge on any atom is 0.169 e. The molecular weight excluding hydrogens is 572 g/mol. The molecule has 0 aromatic rings. The van der Waals surface area contributed by atoms with Crippen molar-refractivity contribution in [2.45, 2.75) is 219 Å². The Morgan fingerprint density at radius 2 is 0.745 bits per heavy atom. The molecule has 0 aromatic carbocycles. The molecule has 0 aromatic heterocycles. The third-order valence-electron chi connectivity index (χ3n) is 10.1. The smallest absolute Gasteiger partial charge is 0.169 e. The molecular formula is C45H78O2. The Morgan fingerprint density at radius 1 is 0.426 bits per heavy atom. The van der Waals surface area contributed by atoms with E-state index in [0.29, 0.717) is 12.2 Å². The van der Waals surface area contributed by atoms with Crippen LogP contribution in [0, 0.1) is 5.92 Å². The summed E-state index contributed by atoms with van der Waals surface area (Å²) in [6, 6.07) is 0. The summed E-state index contributed by atoms with van der Waals surface area (Å²) in [6.45, 7) is 6.91. The highest BCUT2D eigenvalue weighted by Gasteiger charge is 2.50. The van der Waals surface area contributed by atoms with Crippen molar-refractivity contribution in [1.82, 2.24) is 0 Å². The average Bonchev–Trinajstić information content (AvgIpc) is 3.57. The van der Waals surface area contributed by atoms with Crippen LogP contribution < -0.4 is 0 Å². The fourth-order valence-corrected chi connectivity index (χ4v) is 7.24. The molecule has 1 saturated heterocycles. The van der Waals surface area contributed by atoms with Gasteiger partial charge in [0.05, 0.1) is 12.2 Å². The number of ether oxygens (including phenoxy) is 2. The van der Waals surface area contributed by atoms with E-state index in [1.807, 2.05) is 0 Å². The summed E-state index contributed by atoms with van der Waals surface area (Å²) in [5, 5.41) is 0. The van der Waals surface area contributed by atoms with E-state index in [0.717, 1.165) is 44.4 Å². The lowest BCUT2D eigenvalue weighted by atomic mass is 9.99. The highest BCUT2D eigenvalue weighted by atomic mass is 16.8. The summed E-state index contributed by atoms with van der Waals surface area (Å²) in [5.74, 6) is 0.435. The van der Waals surface area contributed by atoms with Crippen LogP contribution in [0.5, 0.6) is 0 Å². The molecule has 0 spiro atoms. The Hall–Kier alpha value is -1.38. The summed E-state index contributed by atoms with van der Waals surface area (Å²) < 4.78 is 13.5. The second-order valence-corrected chi connectivity index (χ2v) is 14.8. The summed E-state index contributed by atoms with van der Waals surface area (Å²) in [7, 11) is 0. The van der Waals surface area contributed by atoms with Crippen molar-refractivity contribution in [1.29, 1.82) is 0 Å². The Labute approximate surface area is 294 Å². The first kappa shape index (κ1) is 41.8. The van der Waals surface area contributed by atoms with Crippen LogP contribution in [0.15, 0.2) is 60.8 Å². The minimum atomic E-state index is -0.306. The van der Waals surface area contributed by atoms with Crippen molar-refractivity contribution in [2.75, 3.05) is 0 Å². The van der Waals surface area contributed by atoms with Gasteiger partial charge in [0.15, 0.2) is 5.79 Å². The van der Waals surface area contributed by atoms with Gasteiger partial charge in [0.1, 0.15) is 0 Å². The van der Waals surface area contributed by atoms with Crippen molar-refractivity contribution < 1.29 is 9.47 Å². The molecule has 2 rings (SSSR count). The lowest BCUT2D eigenvalue weighted by Gasteiger charge is -2.30. The van der Waals surface area contributed by atoms with Crippen LogP contribution in [-0.4, -0.2) is 18.0 Å². The third-order valence-corrected chi connectivity index (χ3v) is 10.1. The summed E-state index contributed by atoms with van der Waals surface area (Å²) in [5.41, 5.74) is 0. The molecule has 1 heterocycles. The van der Waals surface area contributed by atoms with E-state index in [9.17, 15) is 0 Å². The number of hydrogen-bond donors (Lipinski definition) is 0. The number of rotatable bonds is 31. The van der Waals surface area contributed by atoms with E-state index in [1.54, 1.807) is 0 Å². The highest BCUT2D eigenvalue weighted by Crippen LogP contribution is 2.45. The second-order valence-electron chi connectivity index (χ2n) is 14.8. The SMILES string of the molecule is CCCCCC/C=C\C/C=C\C/C=C\CCCCC1(CCCCCCCC/C=C\C/C=C\CCCCCCC)O[C@H]2C[C@H](C)C[C@H]2O1. The fraction of sp³-hybridized carbons (Fsp3) is 0.778. The minimum Gasteiger partial charge on any atom is -0.344 e. The van der Waals surface area contributed by atoms with Crippen molar-refractivity contribution >= 4 is 0 Å². The highest BCUT2D eigenvalue weighted by molar-refractivity contribution is 4.98. The van der Waals surface area contributed by atoms with Crippen LogP contribution in [-0.2, 0) is 9.47 Å². The summed E-state index contributed by atoms with van der Waals surface area (Å²) >= 11 is 0. The van der Waals surface area contributed by atoms with Gasteiger partial charge in [-0.2, -0.15) is 0 Å². The van der Waals surface area contributed by atoms with E-state index in [1.165, 1.54) is 141 Å². The zero-order valence-corrected chi connectivity index (χ0v) is 31.6. The number of allylic oxidation sites excluding steroid dienone is 10. The number of unbranched alkanes of at least 4 members (excludes halogenated alkanes) is 17. The molecule has 1 saturated carbocycles. The second kappa shape index (κ2) is 29.5. The van der Waals surface area contributed by atoms with E-state index in [2.05, 4.69) is 81.5 Å². The van der Waals surface area contributed by atoms with Crippen LogP contribution in [0.1, 0.15) is 201 Å². The molecule has 0 N–H and O–H groups in total. The molecule has 4 atom stereocenters. The van der Waals surface area contributed by atoms with Crippen molar-refractivity contribution in [2.24, 2.45) is 5.92 Å². The number of fused-ring (bicyclic) bond motifs is 1. The first-order valence-corrected chi connectivity index (χ1v) is 20.8. The molecule has 2 fully saturated rings. The van der Waals surface area contributed by atoms with E-state index >= 15 is 0 Å². The number of hydrogen-bond acceptors (Lipinski definition) is 2. The maximum atomic E-state index is 6.73. The van der Waals surface area contributed by atoms with Gasteiger partial charge in [0.2, 0.25) is 0 Å². The van der Waals surface area contributed by atoms with E-state index < -0.39 is 0 Å².